The number of para-hydroxylation sites is 1. The molecule has 0 unspecified atom stereocenters. The first-order valence-electron chi connectivity index (χ1n) is 10.7. The molecule has 2 fully saturated rings. The first-order chi connectivity index (χ1) is 15.2. The Kier molecular flexibility index (Phi) is 6.01. The lowest BCUT2D eigenvalue weighted by atomic mass is 9.99. The fourth-order valence-electron chi connectivity index (χ4n) is 4.67. The number of benzene rings is 1. The fourth-order valence-corrected chi connectivity index (χ4v) is 7.77. The molecule has 2 aliphatic rings. The van der Waals surface area contributed by atoms with E-state index >= 15 is 0 Å². The minimum absolute atomic E-state index is 0.0804. The number of hydrogen-bond donors (Lipinski definition) is 3. The van der Waals surface area contributed by atoms with Crippen LogP contribution in [0.4, 0.5) is 0 Å². The molecule has 3 N–H and O–H groups in total. The van der Waals surface area contributed by atoms with Crippen LogP contribution in [0.2, 0.25) is 24.2 Å². The van der Waals surface area contributed by atoms with Gasteiger partial charge in [-0.2, -0.15) is 5.26 Å². The largest absolute Gasteiger partial charge is 0.356 e. The maximum atomic E-state index is 13.4. The van der Waals surface area contributed by atoms with Gasteiger partial charge in [0.2, 0.25) is 11.8 Å². The van der Waals surface area contributed by atoms with Crippen molar-refractivity contribution in [3.8, 4) is 6.07 Å². The van der Waals surface area contributed by atoms with Crippen LogP contribution < -0.4 is 10.6 Å². The zero-order chi connectivity index (χ0) is 23.0. The zero-order valence-electron chi connectivity index (χ0n) is 18.1. The third-order valence-electron chi connectivity index (χ3n) is 6.28. The Morgan fingerprint density at radius 2 is 2.19 bits per heavy atom. The predicted octanol–water partition coefficient (Wildman–Crippen LogP) is 2.43. The molecule has 3 heterocycles. The Hall–Kier alpha value is -2.83. The van der Waals surface area contributed by atoms with Crippen LogP contribution >= 0.6 is 11.6 Å². The molecule has 2 aliphatic heterocycles. The van der Waals surface area contributed by atoms with Crippen LogP contribution in [0.5, 0.6) is 0 Å². The molecule has 0 bridgehead atoms. The van der Waals surface area contributed by atoms with Gasteiger partial charge < -0.3 is 20.5 Å². The number of rotatable bonds is 5. The highest BCUT2D eigenvalue weighted by atomic mass is 35.5. The molecular weight excluding hydrogens is 446 g/mol. The maximum Gasteiger partial charge on any atom is 0.270 e. The molecule has 0 aliphatic carbocycles. The Morgan fingerprint density at radius 3 is 2.84 bits per heavy atom. The summed E-state index contributed by atoms with van der Waals surface area (Å²) in [4.78, 5) is 43.1. The van der Waals surface area contributed by atoms with E-state index in [1.807, 2.05) is 12.1 Å². The van der Waals surface area contributed by atoms with E-state index in [1.54, 1.807) is 17.0 Å². The minimum atomic E-state index is -1.83. The summed E-state index contributed by atoms with van der Waals surface area (Å²) in [6, 6.07) is 8.51. The summed E-state index contributed by atoms with van der Waals surface area (Å²) in [5, 5.41) is 16.4. The van der Waals surface area contributed by atoms with E-state index in [0.29, 0.717) is 41.4 Å². The SMILES string of the molecule is C[Si]1(C)C[C@@H](C(=O)N[C@H](C#N)C[C@@H]2CCNC2=O)N(C(=O)c2cc3cccc(Cl)c3[nH]2)C1. The van der Waals surface area contributed by atoms with Crippen molar-refractivity contribution in [1.29, 1.82) is 5.26 Å². The van der Waals surface area contributed by atoms with Crippen LogP contribution in [0, 0.1) is 17.2 Å². The second kappa shape index (κ2) is 8.60. The number of aromatic amines is 1. The third kappa shape index (κ3) is 4.38. The quantitative estimate of drug-likeness (QED) is 0.580. The molecule has 1 aromatic carbocycles. The number of fused-ring (bicyclic) bond motifs is 1. The summed E-state index contributed by atoms with van der Waals surface area (Å²) in [6.07, 6.45) is 1.48. The molecule has 4 rings (SSSR count). The molecule has 0 saturated carbocycles. The van der Waals surface area contributed by atoms with Crippen LogP contribution in [-0.4, -0.2) is 60.5 Å². The van der Waals surface area contributed by atoms with Gasteiger partial charge >= 0.3 is 0 Å². The van der Waals surface area contributed by atoms with E-state index in [9.17, 15) is 19.6 Å². The number of amides is 3. The number of aromatic nitrogens is 1. The first kappa shape index (κ1) is 22.4. The van der Waals surface area contributed by atoms with E-state index in [-0.39, 0.29) is 30.1 Å². The van der Waals surface area contributed by atoms with Gasteiger partial charge in [0.1, 0.15) is 17.8 Å². The summed E-state index contributed by atoms with van der Waals surface area (Å²) in [6.45, 7) is 4.88. The summed E-state index contributed by atoms with van der Waals surface area (Å²) < 4.78 is 0. The summed E-state index contributed by atoms with van der Waals surface area (Å²) in [5.41, 5.74) is 1.07. The monoisotopic (exact) mass is 471 g/mol. The molecule has 10 heteroatoms. The molecule has 0 spiro atoms. The number of hydrogen-bond acceptors (Lipinski definition) is 4. The van der Waals surface area contributed by atoms with Crippen molar-refractivity contribution in [2.75, 3.05) is 12.7 Å². The molecule has 2 saturated heterocycles. The first-order valence-corrected chi connectivity index (χ1v) is 14.5. The molecule has 168 valence electrons. The molecular formula is C22H26ClN5O3Si. The van der Waals surface area contributed by atoms with Crippen LogP contribution in [0.15, 0.2) is 24.3 Å². The Bertz CT molecular complexity index is 1120. The highest BCUT2D eigenvalue weighted by Crippen LogP contribution is 2.30. The number of H-pyrrole nitrogens is 1. The highest BCUT2D eigenvalue weighted by Gasteiger charge is 2.45. The van der Waals surface area contributed by atoms with Gasteiger partial charge in [-0.1, -0.05) is 36.8 Å². The normalized spacial score (nSPS) is 23.1. The molecule has 2 aromatic rings. The number of halogens is 1. The molecule has 3 atom stereocenters. The van der Waals surface area contributed by atoms with Crippen LogP contribution in [0.3, 0.4) is 0 Å². The van der Waals surface area contributed by atoms with Crippen molar-refractivity contribution in [2.24, 2.45) is 5.92 Å². The van der Waals surface area contributed by atoms with E-state index in [0.717, 1.165) is 5.39 Å². The second-order valence-corrected chi connectivity index (χ2v) is 14.9. The van der Waals surface area contributed by atoms with Crippen molar-refractivity contribution in [3.05, 3.63) is 35.0 Å². The third-order valence-corrected chi connectivity index (χ3v) is 9.28. The summed E-state index contributed by atoms with van der Waals surface area (Å²) >= 11 is 6.24. The van der Waals surface area contributed by atoms with Gasteiger partial charge in [0.15, 0.2) is 0 Å². The van der Waals surface area contributed by atoms with Gasteiger partial charge in [-0.3, -0.25) is 14.4 Å². The number of nitrogens with one attached hydrogen (secondary N) is 3. The van der Waals surface area contributed by atoms with Crippen molar-refractivity contribution in [2.45, 2.75) is 44.1 Å². The maximum absolute atomic E-state index is 13.4. The van der Waals surface area contributed by atoms with Crippen molar-refractivity contribution in [3.63, 3.8) is 0 Å². The lowest BCUT2D eigenvalue weighted by Gasteiger charge is -2.25. The van der Waals surface area contributed by atoms with Gasteiger partial charge in [0.25, 0.3) is 5.91 Å². The van der Waals surface area contributed by atoms with Gasteiger partial charge in [0, 0.05) is 24.0 Å². The van der Waals surface area contributed by atoms with Crippen molar-refractivity contribution >= 4 is 48.3 Å². The lowest BCUT2D eigenvalue weighted by molar-refractivity contribution is -0.126. The van der Waals surface area contributed by atoms with Crippen LogP contribution in [0.25, 0.3) is 10.9 Å². The number of carbonyl (C=O) groups excluding carboxylic acids is 3. The van der Waals surface area contributed by atoms with Gasteiger partial charge in [0.05, 0.1) is 24.7 Å². The average molecular weight is 472 g/mol. The van der Waals surface area contributed by atoms with Crippen molar-refractivity contribution in [1.82, 2.24) is 20.5 Å². The number of nitriles is 1. The zero-order valence-corrected chi connectivity index (χ0v) is 19.8. The Labute approximate surface area is 192 Å². The van der Waals surface area contributed by atoms with E-state index < -0.39 is 20.2 Å². The van der Waals surface area contributed by atoms with Gasteiger partial charge in [-0.05, 0) is 31.0 Å². The predicted molar refractivity (Wildman–Crippen MR) is 124 cm³/mol. The molecule has 1 aromatic heterocycles. The van der Waals surface area contributed by atoms with E-state index in [1.165, 1.54) is 0 Å². The number of carbonyl (C=O) groups is 3. The summed E-state index contributed by atoms with van der Waals surface area (Å²) in [7, 11) is -1.83. The standard InChI is InChI=1S/C22H26ClN5O3Si/c1-32(2)11-18(21(30)26-15(10-24)8-14-6-7-25-20(14)29)28(12-32)22(31)17-9-13-4-3-5-16(23)19(13)27-17/h3-5,9,14-15,18,27H,6-8,11-12H2,1-2H3,(H,25,29)(H,26,30)/t14-,15-,18-/m0/s1. The van der Waals surface area contributed by atoms with Gasteiger partial charge in [-0.25, -0.2) is 0 Å². The van der Waals surface area contributed by atoms with Gasteiger partial charge in [-0.15, -0.1) is 0 Å². The Balaban J connectivity index is 1.52. The lowest BCUT2D eigenvalue weighted by Crippen LogP contribution is -2.49. The summed E-state index contributed by atoms with van der Waals surface area (Å²) in [5.74, 6) is -0.943. The fraction of sp³-hybridized carbons (Fsp3) is 0.455. The van der Waals surface area contributed by atoms with E-state index in [4.69, 9.17) is 11.6 Å². The molecule has 32 heavy (non-hydrogen) atoms. The second-order valence-electron chi connectivity index (χ2n) is 9.41. The smallest absolute Gasteiger partial charge is 0.270 e. The van der Waals surface area contributed by atoms with Crippen molar-refractivity contribution < 1.29 is 14.4 Å². The molecule has 0 radical (unpaired) electrons. The van der Waals surface area contributed by atoms with E-state index in [2.05, 4.69) is 34.8 Å². The van der Waals surface area contributed by atoms with Crippen LogP contribution in [-0.2, 0) is 9.59 Å². The van der Waals surface area contributed by atoms with Crippen LogP contribution in [0.1, 0.15) is 23.3 Å². The highest BCUT2D eigenvalue weighted by molar-refractivity contribution is 6.79. The minimum Gasteiger partial charge on any atom is -0.356 e. The molecule has 8 nitrogen and oxygen atoms in total. The topological polar surface area (TPSA) is 118 Å². The average Bonchev–Trinajstić information content (AvgIpc) is 3.44. The molecule has 3 amide bonds. The number of nitrogens with zero attached hydrogens (tertiary/aromatic N) is 2. The Morgan fingerprint density at radius 1 is 1.41 bits per heavy atom.